The number of rotatable bonds is 0. The van der Waals surface area contributed by atoms with Crippen molar-refractivity contribution in [3.05, 3.63) is 12.2 Å². The number of hydrogen-bond donors (Lipinski definition) is 0. The molecule has 4 atom stereocenters. The number of carbonyl (C=O) groups is 1. The summed E-state index contributed by atoms with van der Waals surface area (Å²) >= 11 is 0. The molecule has 2 nitrogen and oxygen atoms in total. The second kappa shape index (κ2) is 2.91. The van der Waals surface area contributed by atoms with Gasteiger partial charge in [0.25, 0.3) is 0 Å². The molecule has 1 saturated heterocycles. The van der Waals surface area contributed by atoms with E-state index in [1.54, 1.807) is 0 Å². The van der Waals surface area contributed by atoms with Gasteiger partial charge in [0.05, 0.1) is 5.92 Å². The Bertz CT molecular complexity index is 365. The lowest BCUT2D eigenvalue weighted by Crippen LogP contribution is -2.40. The maximum absolute atomic E-state index is 12.1. The summed E-state index contributed by atoms with van der Waals surface area (Å²) in [6, 6.07) is 0. The van der Waals surface area contributed by atoms with Gasteiger partial charge >= 0.3 is 5.97 Å². The summed E-state index contributed by atoms with van der Waals surface area (Å²) in [6.45, 7) is 0. The fraction of sp³-hybridized carbons (Fsp3) is 0.786. The first kappa shape index (κ1) is 9.26. The Hall–Kier alpha value is -0.790. The maximum Gasteiger partial charge on any atom is 0.310 e. The zero-order valence-electron chi connectivity index (χ0n) is 9.52. The molecule has 2 heteroatoms. The second-order valence-corrected chi connectivity index (χ2v) is 6.05. The third-order valence-electron chi connectivity index (χ3n) is 5.34. The number of hydrogen-bond acceptors (Lipinski definition) is 2. The van der Waals surface area contributed by atoms with Crippen molar-refractivity contribution >= 4 is 5.97 Å². The van der Waals surface area contributed by atoms with Crippen LogP contribution in [0, 0.1) is 23.7 Å². The number of esters is 1. The van der Waals surface area contributed by atoms with Crippen LogP contribution in [0.5, 0.6) is 0 Å². The third kappa shape index (κ3) is 0.964. The van der Waals surface area contributed by atoms with E-state index in [1.807, 2.05) is 0 Å². The van der Waals surface area contributed by atoms with E-state index in [9.17, 15) is 4.79 Å². The lowest BCUT2D eigenvalue weighted by atomic mass is 9.68. The molecule has 16 heavy (non-hydrogen) atoms. The SMILES string of the molecule is O=C1OC2(CCCCC2)[C@@H]2[C@H]1[C@H]1C=C[C@@H]2C1. The van der Waals surface area contributed by atoms with Crippen molar-refractivity contribution in [3.8, 4) is 0 Å². The van der Waals surface area contributed by atoms with Crippen LogP contribution in [0.2, 0.25) is 0 Å². The van der Waals surface area contributed by atoms with Crippen molar-refractivity contribution in [2.75, 3.05) is 0 Å². The molecule has 1 spiro atoms. The van der Waals surface area contributed by atoms with E-state index in [4.69, 9.17) is 4.74 Å². The molecule has 86 valence electrons. The first-order valence-corrected chi connectivity index (χ1v) is 6.71. The lowest BCUT2D eigenvalue weighted by molar-refractivity contribution is -0.155. The van der Waals surface area contributed by atoms with Gasteiger partial charge in [0.1, 0.15) is 5.60 Å². The highest BCUT2D eigenvalue weighted by Crippen LogP contribution is 2.60. The predicted octanol–water partition coefficient (Wildman–Crippen LogP) is 2.68. The summed E-state index contributed by atoms with van der Waals surface area (Å²) in [6.07, 6.45) is 11.9. The molecule has 0 N–H and O–H groups in total. The molecule has 0 radical (unpaired) electrons. The Kier molecular flexibility index (Phi) is 1.68. The van der Waals surface area contributed by atoms with Crippen LogP contribution in [-0.2, 0) is 9.53 Å². The molecule has 0 aromatic carbocycles. The van der Waals surface area contributed by atoms with Crippen LogP contribution in [0.3, 0.4) is 0 Å². The molecule has 2 bridgehead atoms. The third-order valence-corrected chi connectivity index (χ3v) is 5.34. The highest BCUT2D eigenvalue weighted by molar-refractivity contribution is 5.78. The largest absolute Gasteiger partial charge is 0.458 e. The molecule has 4 aliphatic rings. The minimum atomic E-state index is -0.0514. The van der Waals surface area contributed by atoms with Crippen LogP contribution < -0.4 is 0 Å². The molecular formula is C14H18O2. The molecule has 3 fully saturated rings. The number of allylic oxidation sites excluding steroid dienone is 2. The lowest BCUT2D eigenvalue weighted by Gasteiger charge is -2.38. The fourth-order valence-corrected chi connectivity index (χ4v) is 4.78. The van der Waals surface area contributed by atoms with E-state index in [1.165, 1.54) is 25.7 Å². The zero-order valence-corrected chi connectivity index (χ0v) is 9.52. The summed E-state index contributed by atoms with van der Waals surface area (Å²) in [5.74, 6) is 2.00. The predicted molar refractivity (Wildman–Crippen MR) is 59.6 cm³/mol. The van der Waals surface area contributed by atoms with E-state index in [2.05, 4.69) is 12.2 Å². The van der Waals surface area contributed by atoms with Crippen LogP contribution in [0.1, 0.15) is 38.5 Å². The van der Waals surface area contributed by atoms with Crippen LogP contribution >= 0.6 is 0 Å². The van der Waals surface area contributed by atoms with Crippen molar-refractivity contribution in [2.45, 2.75) is 44.1 Å². The summed E-state index contributed by atoms with van der Waals surface area (Å²) in [5, 5.41) is 0. The van der Waals surface area contributed by atoms with Gasteiger partial charge in [0.15, 0.2) is 0 Å². The van der Waals surface area contributed by atoms with Crippen LogP contribution in [-0.4, -0.2) is 11.6 Å². The maximum atomic E-state index is 12.1. The van der Waals surface area contributed by atoms with Crippen LogP contribution in [0.4, 0.5) is 0 Å². The highest BCUT2D eigenvalue weighted by atomic mass is 16.6. The Labute approximate surface area is 96.0 Å². The Morgan fingerprint density at radius 2 is 1.88 bits per heavy atom. The molecule has 0 aromatic rings. The van der Waals surface area contributed by atoms with Crippen molar-refractivity contribution in [1.29, 1.82) is 0 Å². The van der Waals surface area contributed by atoms with Gasteiger partial charge in [0.2, 0.25) is 0 Å². The smallest absolute Gasteiger partial charge is 0.310 e. The molecule has 0 amide bonds. The fourth-order valence-electron chi connectivity index (χ4n) is 4.78. The van der Waals surface area contributed by atoms with Gasteiger partial charge in [-0.05, 0) is 43.9 Å². The average Bonchev–Trinajstić information content (AvgIpc) is 2.94. The monoisotopic (exact) mass is 218 g/mol. The van der Waals surface area contributed by atoms with Gasteiger partial charge in [-0.3, -0.25) is 4.79 Å². The molecule has 0 aromatic heterocycles. The number of ether oxygens (including phenoxy) is 1. The molecule has 0 unspecified atom stereocenters. The van der Waals surface area contributed by atoms with E-state index in [0.29, 0.717) is 17.8 Å². The minimum absolute atomic E-state index is 0.0514. The van der Waals surface area contributed by atoms with Crippen molar-refractivity contribution < 1.29 is 9.53 Å². The molecular weight excluding hydrogens is 200 g/mol. The van der Waals surface area contributed by atoms with Gasteiger partial charge < -0.3 is 4.74 Å². The number of fused-ring (bicyclic) bond motifs is 6. The standard InChI is InChI=1S/C14H18O2/c15-13-11-9-4-5-10(8-9)12(11)14(16-13)6-2-1-3-7-14/h4-5,9-12H,1-3,6-8H2/t9-,10+,11+,12-/m0/s1. The van der Waals surface area contributed by atoms with E-state index < -0.39 is 0 Å². The Balaban J connectivity index is 1.75. The summed E-state index contributed by atoms with van der Waals surface area (Å²) in [5.41, 5.74) is -0.0514. The van der Waals surface area contributed by atoms with Gasteiger partial charge in [0, 0.05) is 5.92 Å². The summed E-state index contributed by atoms with van der Waals surface area (Å²) in [7, 11) is 0. The Morgan fingerprint density at radius 3 is 2.69 bits per heavy atom. The van der Waals surface area contributed by atoms with Gasteiger partial charge in [-0.1, -0.05) is 18.6 Å². The minimum Gasteiger partial charge on any atom is -0.458 e. The molecule has 2 saturated carbocycles. The number of carbonyl (C=O) groups excluding carboxylic acids is 1. The van der Waals surface area contributed by atoms with E-state index in [-0.39, 0.29) is 17.5 Å². The normalized spacial score (nSPS) is 47.4. The first-order valence-electron chi connectivity index (χ1n) is 6.71. The van der Waals surface area contributed by atoms with E-state index in [0.717, 1.165) is 12.8 Å². The quantitative estimate of drug-likeness (QED) is 0.461. The molecule has 1 aliphatic heterocycles. The van der Waals surface area contributed by atoms with Crippen molar-refractivity contribution in [3.63, 3.8) is 0 Å². The zero-order chi connectivity index (χ0) is 10.8. The summed E-state index contributed by atoms with van der Waals surface area (Å²) in [4.78, 5) is 12.1. The van der Waals surface area contributed by atoms with E-state index >= 15 is 0 Å². The van der Waals surface area contributed by atoms with Gasteiger partial charge in [-0.15, -0.1) is 0 Å². The molecule has 3 aliphatic carbocycles. The average molecular weight is 218 g/mol. The molecule has 1 heterocycles. The summed E-state index contributed by atoms with van der Waals surface area (Å²) < 4.78 is 5.86. The van der Waals surface area contributed by atoms with Gasteiger partial charge in [-0.2, -0.15) is 0 Å². The Morgan fingerprint density at radius 1 is 1.12 bits per heavy atom. The van der Waals surface area contributed by atoms with Crippen molar-refractivity contribution in [2.24, 2.45) is 23.7 Å². The molecule has 4 rings (SSSR count). The van der Waals surface area contributed by atoms with Crippen LogP contribution in [0.15, 0.2) is 12.2 Å². The highest BCUT2D eigenvalue weighted by Gasteiger charge is 2.64. The van der Waals surface area contributed by atoms with Gasteiger partial charge in [-0.25, -0.2) is 0 Å². The topological polar surface area (TPSA) is 26.3 Å². The van der Waals surface area contributed by atoms with Crippen LogP contribution in [0.25, 0.3) is 0 Å². The second-order valence-electron chi connectivity index (χ2n) is 6.05. The first-order chi connectivity index (χ1) is 7.80. The van der Waals surface area contributed by atoms with Crippen molar-refractivity contribution in [1.82, 2.24) is 0 Å².